The molecule has 0 saturated carbocycles. The van der Waals surface area contributed by atoms with Gasteiger partial charge in [-0.3, -0.25) is 4.79 Å². The van der Waals surface area contributed by atoms with Crippen molar-refractivity contribution in [1.29, 1.82) is 0 Å². The maximum Gasteiger partial charge on any atom is 0.263 e. The van der Waals surface area contributed by atoms with Crippen LogP contribution in [0.15, 0.2) is 30.3 Å². The van der Waals surface area contributed by atoms with Gasteiger partial charge in [-0.2, -0.15) is 0 Å². The van der Waals surface area contributed by atoms with Crippen LogP contribution in [-0.4, -0.2) is 30.1 Å². The van der Waals surface area contributed by atoms with Gasteiger partial charge in [0.25, 0.3) is 5.91 Å². The van der Waals surface area contributed by atoms with E-state index in [1.54, 1.807) is 0 Å². The smallest absolute Gasteiger partial charge is 0.263 e. The average molecular weight is 332 g/mol. The topological polar surface area (TPSA) is 51.2 Å². The Bertz CT molecular complexity index is 623. The monoisotopic (exact) mass is 332 g/mol. The Hall–Kier alpha value is -1.72. The first-order valence-corrected chi connectivity index (χ1v) is 8.78. The summed E-state index contributed by atoms with van der Waals surface area (Å²) < 4.78 is 5.46. The van der Waals surface area contributed by atoms with Gasteiger partial charge < -0.3 is 10.1 Å². The van der Waals surface area contributed by atoms with Crippen LogP contribution < -0.4 is 5.32 Å². The highest BCUT2D eigenvalue weighted by Gasteiger charge is 2.15. The summed E-state index contributed by atoms with van der Waals surface area (Å²) in [7, 11) is 0. The summed E-state index contributed by atoms with van der Waals surface area (Å²) in [5.74, 6) is -0.0381. The molecule has 0 aliphatic heterocycles. The minimum absolute atomic E-state index is 0.0381. The number of rotatable bonds is 8. The van der Waals surface area contributed by atoms with E-state index in [0.29, 0.717) is 18.0 Å². The molecule has 0 bridgehead atoms. The van der Waals surface area contributed by atoms with Crippen LogP contribution in [0.1, 0.15) is 46.2 Å². The van der Waals surface area contributed by atoms with E-state index in [1.807, 2.05) is 39.0 Å². The van der Waals surface area contributed by atoms with E-state index in [0.717, 1.165) is 23.5 Å². The van der Waals surface area contributed by atoms with Gasteiger partial charge in [0.2, 0.25) is 0 Å². The molecule has 2 aromatic rings. The highest BCUT2D eigenvalue weighted by Crippen LogP contribution is 2.20. The molecule has 0 radical (unpaired) electrons. The van der Waals surface area contributed by atoms with Crippen molar-refractivity contribution in [3.63, 3.8) is 0 Å². The van der Waals surface area contributed by atoms with E-state index in [4.69, 9.17) is 4.74 Å². The van der Waals surface area contributed by atoms with Crippen LogP contribution in [-0.2, 0) is 11.2 Å². The second-order valence-corrected chi connectivity index (χ2v) is 6.80. The van der Waals surface area contributed by atoms with Crippen LogP contribution in [0.2, 0.25) is 0 Å². The predicted octanol–water partition coefficient (Wildman–Crippen LogP) is 3.59. The molecule has 4 nitrogen and oxygen atoms in total. The van der Waals surface area contributed by atoms with Crippen molar-refractivity contribution in [3.8, 4) is 0 Å². The molecule has 0 unspecified atom stereocenters. The number of thiazole rings is 1. The third-order valence-electron chi connectivity index (χ3n) is 3.30. The third-order valence-corrected chi connectivity index (χ3v) is 4.46. The second-order valence-electron chi connectivity index (χ2n) is 5.71. The maximum atomic E-state index is 12.2. The fourth-order valence-corrected chi connectivity index (χ4v) is 3.20. The Balaban J connectivity index is 1.86. The lowest BCUT2D eigenvalue weighted by Crippen LogP contribution is -2.25. The van der Waals surface area contributed by atoms with E-state index in [9.17, 15) is 4.79 Å². The average Bonchev–Trinajstić information content (AvgIpc) is 2.88. The number of carbonyl (C=O) groups excluding carboxylic acids is 1. The number of ether oxygens (including phenoxy) is 1. The third kappa shape index (κ3) is 5.77. The van der Waals surface area contributed by atoms with E-state index in [-0.39, 0.29) is 12.0 Å². The molecule has 2 rings (SSSR count). The van der Waals surface area contributed by atoms with E-state index < -0.39 is 0 Å². The number of nitrogens with zero attached hydrogens (tertiary/aromatic N) is 1. The number of nitrogens with one attached hydrogen (secondary N) is 1. The zero-order chi connectivity index (χ0) is 16.7. The van der Waals surface area contributed by atoms with Crippen molar-refractivity contribution >= 4 is 17.2 Å². The molecule has 1 heterocycles. The van der Waals surface area contributed by atoms with Crippen molar-refractivity contribution in [2.75, 3.05) is 13.2 Å². The first-order chi connectivity index (χ1) is 11.1. The van der Waals surface area contributed by atoms with Gasteiger partial charge in [-0.15, -0.1) is 11.3 Å². The molecule has 0 aliphatic rings. The summed E-state index contributed by atoms with van der Waals surface area (Å²) in [6.45, 7) is 7.19. The number of hydrogen-bond donors (Lipinski definition) is 1. The number of benzene rings is 1. The summed E-state index contributed by atoms with van der Waals surface area (Å²) in [4.78, 5) is 17.5. The van der Waals surface area contributed by atoms with Crippen LogP contribution in [0.3, 0.4) is 0 Å². The Labute approximate surface area is 141 Å². The molecule has 0 spiro atoms. The molecule has 1 aromatic carbocycles. The van der Waals surface area contributed by atoms with Crippen LogP contribution in [0.5, 0.6) is 0 Å². The van der Waals surface area contributed by atoms with Crippen molar-refractivity contribution in [1.82, 2.24) is 10.3 Å². The van der Waals surface area contributed by atoms with Crippen LogP contribution in [0.4, 0.5) is 0 Å². The van der Waals surface area contributed by atoms with Crippen LogP contribution in [0, 0.1) is 6.92 Å². The van der Waals surface area contributed by atoms with Gasteiger partial charge in [0.15, 0.2) is 0 Å². The molecular formula is C18H24N2O2S. The lowest BCUT2D eigenvalue weighted by atomic mass is 10.2. The molecule has 1 amide bonds. The Morgan fingerprint density at radius 2 is 2.04 bits per heavy atom. The molecule has 5 heteroatoms. The number of hydrogen-bond acceptors (Lipinski definition) is 4. The molecule has 124 valence electrons. The molecule has 1 N–H and O–H groups in total. The summed E-state index contributed by atoms with van der Waals surface area (Å²) >= 11 is 1.48. The van der Waals surface area contributed by atoms with E-state index >= 15 is 0 Å². The SMILES string of the molecule is Cc1nc(Cc2ccccc2)sc1C(=O)NCCCOC(C)C. The molecule has 1 aromatic heterocycles. The van der Waals surface area contributed by atoms with Gasteiger partial charge >= 0.3 is 0 Å². The van der Waals surface area contributed by atoms with Gasteiger partial charge in [0, 0.05) is 19.6 Å². The second kappa shape index (κ2) is 8.79. The lowest BCUT2D eigenvalue weighted by Gasteiger charge is -2.07. The minimum atomic E-state index is -0.0381. The highest BCUT2D eigenvalue weighted by atomic mass is 32.1. The standard InChI is InChI=1S/C18H24N2O2S/c1-13(2)22-11-7-10-19-18(21)17-14(3)20-16(23-17)12-15-8-5-4-6-9-15/h4-6,8-9,13H,7,10-12H2,1-3H3,(H,19,21). The summed E-state index contributed by atoms with van der Waals surface area (Å²) in [6.07, 6.45) is 1.82. The van der Waals surface area contributed by atoms with E-state index in [2.05, 4.69) is 22.4 Å². The number of aromatic nitrogens is 1. The summed E-state index contributed by atoms with van der Waals surface area (Å²) in [5, 5.41) is 3.92. The maximum absolute atomic E-state index is 12.2. The first-order valence-electron chi connectivity index (χ1n) is 7.96. The van der Waals surface area contributed by atoms with Crippen molar-refractivity contribution in [2.24, 2.45) is 0 Å². The normalized spacial score (nSPS) is 11.0. The zero-order valence-corrected chi connectivity index (χ0v) is 14.8. The fraction of sp³-hybridized carbons (Fsp3) is 0.444. The van der Waals surface area contributed by atoms with Crippen LogP contribution >= 0.6 is 11.3 Å². The van der Waals surface area contributed by atoms with Gasteiger partial charge in [-0.05, 0) is 32.8 Å². The zero-order valence-electron chi connectivity index (χ0n) is 14.0. The first kappa shape index (κ1) is 17.6. The Kier molecular flexibility index (Phi) is 6.74. The molecule has 0 fully saturated rings. The molecular weight excluding hydrogens is 308 g/mol. The van der Waals surface area contributed by atoms with Crippen molar-refractivity contribution in [2.45, 2.75) is 39.7 Å². The van der Waals surface area contributed by atoms with Crippen molar-refractivity contribution in [3.05, 3.63) is 51.5 Å². The lowest BCUT2D eigenvalue weighted by molar-refractivity contribution is 0.0757. The van der Waals surface area contributed by atoms with Gasteiger partial charge in [-0.1, -0.05) is 30.3 Å². The van der Waals surface area contributed by atoms with Crippen molar-refractivity contribution < 1.29 is 9.53 Å². The summed E-state index contributed by atoms with van der Waals surface area (Å²) in [6, 6.07) is 10.2. The number of amides is 1. The largest absolute Gasteiger partial charge is 0.379 e. The highest BCUT2D eigenvalue weighted by molar-refractivity contribution is 7.13. The molecule has 0 aliphatic carbocycles. The fourth-order valence-electron chi connectivity index (χ4n) is 2.18. The molecule has 0 atom stereocenters. The molecule has 23 heavy (non-hydrogen) atoms. The minimum Gasteiger partial charge on any atom is -0.379 e. The number of aryl methyl sites for hydroxylation is 1. The molecule has 0 saturated heterocycles. The Morgan fingerprint density at radius 3 is 2.74 bits per heavy atom. The van der Waals surface area contributed by atoms with Gasteiger partial charge in [0.05, 0.1) is 16.8 Å². The number of carbonyl (C=O) groups is 1. The van der Waals surface area contributed by atoms with Gasteiger partial charge in [0.1, 0.15) is 4.88 Å². The van der Waals surface area contributed by atoms with Gasteiger partial charge in [-0.25, -0.2) is 4.98 Å². The quantitative estimate of drug-likeness (QED) is 0.752. The Morgan fingerprint density at radius 1 is 1.30 bits per heavy atom. The van der Waals surface area contributed by atoms with Crippen LogP contribution in [0.25, 0.3) is 0 Å². The predicted molar refractivity (Wildman–Crippen MR) is 94.1 cm³/mol. The van der Waals surface area contributed by atoms with E-state index in [1.165, 1.54) is 16.9 Å². The summed E-state index contributed by atoms with van der Waals surface area (Å²) in [5.41, 5.74) is 2.01.